The Morgan fingerprint density at radius 1 is 1.19 bits per heavy atom. The van der Waals surface area contributed by atoms with Crippen LogP contribution in [0, 0.1) is 0 Å². The average Bonchev–Trinajstić information content (AvgIpc) is 3.57. The number of carbonyl (C=O) groups excluding carboxylic acids is 1. The third-order valence-corrected chi connectivity index (χ3v) is 6.87. The van der Waals surface area contributed by atoms with Gasteiger partial charge in [0.25, 0.3) is 0 Å². The molecule has 0 bridgehead atoms. The summed E-state index contributed by atoms with van der Waals surface area (Å²) in [6.45, 7) is 1.93. The minimum Gasteiger partial charge on any atom is -0.461 e. The molecule has 1 amide bonds. The first-order valence-electron chi connectivity index (χ1n) is 11.1. The van der Waals surface area contributed by atoms with Crippen LogP contribution in [0.25, 0.3) is 22.6 Å². The highest BCUT2D eigenvalue weighted by atomic mass is 32.2. The van der Waals surface area contributed by atoms with Crippen LogP contribution in [0.2, 0.25) is 0 Å². The van der Waals surface area contributed by atoms with Crippen LogP contribution in [-0.2, 0) is 4.79 Å². The molecule has 166 valence electrons. The van der Waals surface area contributed by atoms with E-state index in [1.165, 1.54) is 31.0 Å². The molecule has 7 nitrogen and oxygen atoms in total. The molecule has 1 fully saturated rings. The lowest BCUT2D eigenvalue weighted by Gasteiger charge is -2.25. The van der Waals surface area contributed by atoms with Crippen molar-refractivity contribution in [3.8, 4) is 11.6 Å². The van der Waals surface area contributed by atoms with Crippen molar-refractivity contribution in [1.82, 2.24) is 20.1 Å². The predicted octanol–water partition coefficient (Wildman–Crippen LogP) is 5.76. The first-order valence-corrected chi connectivity index (χ1v) is 12.1. The van der Waals surface area contributed by atoms with Crippen LogP contribution < -0.4 is 5.32 Å². The molecule has 8 heteroatoms. The maximum Gasteiger partial charge on any atom is 0.231 e. The van der Waals surface area contributed by atoms with Crippen molar-refractivity contribution in [3.63, 3.8) is 0 Å². The van der Waals surface area contributed by atoms with Gasteiger partial charge in [0.2, 0.25) is 11.7 Å². The standard InChI is InChI=1S/C24H26N4O3S/c1-16(21-14-17-8-5-6-11-19(17)31-21)25-22(29)15-32-24-27-26-23(20-12-7-13-30-20)28(24)18-9-3-2-4-10-18/h5-8,11-14,16,18H,2-4,9-10,15H2,1H3,(H,25,29)/t16-/m0/s1. The number of nitrogens with one attached hydrogen (secondary N) is 1. The lowest BCUT2D eigenvalue weighted by atomic mass is 9.95. The summed E-state index contributed by atoms with van der Waals surface area (Å²) in [5, 5.41) is 13.6. The van der Waals surface area contributed by atoms with Gasteiger partial charge in [-0.3, -0.25) is 9.36 Å². The van der Waals surface area contributed by atoms with Gasteiger partial charge in [-0.05, 0) is 44.0 Å². The number of fused-ring (bicyclic) bond motifs is 1. The highest BCUT2D eigenvalue weighted by Gasteiger charge is 2.25. The molecule has 4 aromatic rings. The Morgan fingerprint density at radius 3 is 2.81 bits per heavy atom. The number of benzene rings is 1. The van der Waals surface area contributed by atoms with Crippen LogP contribution in [0.15, 0.2) is 62.7 Å². The number of rotatable bonds is 7. The largest absolute Gasteiger partial charge is 0.461 e. The van der Waals surface area contributed by atoms with E-state index in [1.807, 2.05) is 49.4 Å². The fourth-order valence-electron chi connectivity index (χ4n) is 4.32. The summed E-state index contributed by atoms with van der Waals surface area (Å²) in [6, 6.07) is 13.7. The molecule has 0 saturated heterocycles. The number of hydrogen-bond donors (Lipinski definition) is 1. The fourth-order valence-corrected chi connectivity index (χ4v) is 5.13. The lowest BCUT2D eigenvalue weighted by molar-refractivity contribution is -0.119. The van der Waals surface area contributed by atoms with Gasteiger partial charge in [0.05, 0.1) is 18.1 Å². The molecule has 1 aromatic carbocycles. The maximum absolute atomic E-state index is 12.7. The van der Waals surface area contributed by atoms with Gasteiger partial charge in [-0.25, -0.2) is 0 Å². The molecular weight excluding hydrogens is 424 g/mol. The van der Waals surface area contributed by atoms with Gasteiger partial charge in [-0.2, -0.15) is 0 Å². The molecule has 0 aliphatic heterocycles. The van der Waals surface area contributed by atoms with E-state index in [0.717, 1.165) is 40.6 Å². The van der Waals surface area contributed by atoms with Gasteiger partial charge >= 0.3 is 0 Å². The second-order valence-electron chi connectivity index (χ2n) is 8.21. The Morgan fingerprint density at radius 2 is 2.03 bits per heavy atom. The number of hydrogen-bond acceptors (Lipinski definition) is 6. The highest BCUT2D eigenvalue weighted by Crippen LogP contribution is 2.35. The minimum absolute atomic E-state index is 0.0688. The number of thioether (sulfide) groups is 1. The molecule has 1 aliphatic rings. The van der Waals surface area contributed by atoms with E-state index < -0.39 is 0 Å². The van der Waals surface area contributed by atoms with Crippen molar-refractivity contribution in [2.45, 2.75) is 56.3 Å². The smallest absolute Gasteiger partial charge is 0.231 e. The van der Waals surface area contributed by atoms with E-state index in [-0.39, 0.29) is 17.7 Å². The highest BCUT2D eigenvalue weighted by molar-refractivity contribution is 7.99. The third kappa shape index (κ3) is 4.32. The number of para-hydroxylation sites is 1. The normalized spacial score (nSPS) is 15.8. The second kappa shape index (κ2) is 9.24. The molecule has 1 saturated carbocycles. The number of aromatic nitrogens is 3. The van der Waals surface area contributed by atoms with Crippen LogP contribution in [0.5, 0.6) is 0 Å². The van der Waals surface area contributed by atoms with Crippen LogP contribution in [0.4, 0.5) is 0 Å². The molecule has 1 aliphatic carbocycles. The molecule has 3 aromatic heterocycles. The molecule has 32 heavy (non-hydrogen) atoms. The Bertz CT molecular complexity index is 1160. The Kier molecular flexibility index (Phi) is 6.03. The summed E-state index contributed by atoms with van der Waals surface area (Å²) in [7, 11) is 0. The molecule has 1 N–H and O–H groups in total. The molecule has 0 spiro atoms. The molecule has 5 rings (SSSR count). The second-order valence-corrected chi connectivity index (χ2v) is 9.15. The first kappa shape index (κ1) is 20.9. The lowest BCUT2D eigenvalue weighted by Crippen LogP contribution is -2.28. The maximum atomic E-state index is 12.7. The van der Waals surface area contributed by atoms with Gasteiger partial charge in [0.1, 0.15) is 11.3 Å². The molecule has 3 heterocycles. The number of furan rings is 2. The van der Waals surface area contributed by atoms with Gasteiger partial charge < -0.3 is 14.2 Å². The molecule has 1 atom stereocenters. The minimum atomic E-state index is -0.217. The van der Waals surface area contributed by atoms with Crippen molar-refractivity contribution in [2.75, 3.05) is 5.75 Å². The van der Waals surface area contributed by atoms with Gasteiger partial charge in [0.15, 0.2) is 10.9 Å². The van der Waals surface area contributed by atoms with Gasteiger partial charge in [0, 0.05) is 11.4 Å². The van der Waals surface area contributed by atoms with Crippen LogP contribution in [-0.4, -0.2) is 26.4 Å². The van der Waals surface area contributed by atoms with E-state index >= 15 is 0 Å². The van der Waals surface area contributed by atoms with Crippen molar-refractivity contribution in [1.29, 1.82) is 0 Å². The van der Waals surface area contributed by atoms with E-state index in [1.54, 1.807) is 6.26 Å². The van der Waals surface area contributed by atoms with Crippen LogP contribution in [0.3, 0.4) is 0 Å². The molecular formula is C24H26N4O3S. The third-order valence-electron chi connectivity index (χ3n) is 5.93. The summed E-state index contributed by atoms with van der Waals surface area (Å²) >= 11 is 1.41. The van der Waals surface area contributed by atoms with E-state index in [4.69, 9.17) is 8.83 Å². The quantitative estimate of drug-likeness (QED) is 0.360. The van der Waals surface area contributed by atoms with E-state index in [9.17, 15) is 4.79 Å². The van der Waals surface area contributed by atoms with Gasteiger partial charge in [-0.15, -0.1) is 10.2 Å². The first-order chi connectivity index (χ1) is 15.7. The Labute approximate surface area is 190 Å². The number of carbonyl (C=O) groups is 1. The Balaban J connectivity index is 1.28. The summed E-state index contributed by atoms with van der Waals surface area (Å²) in [6.07, 6.45) is 7.48. The molecule has 0 unspecified atom stereocenters. The van der Waals surface area contributed by atoms with Crippen molar-refractivity contribution in [3.05, 3.63) is 54.5 Å². The topological polar surface area (TPSA) is 86.1 Å². The zero-order valence-electron chi connectivity index (χ0n) is 18.0. The summed E-state index contributed by atoms with van der Waals surface area (Å²) < 4.78 is 13.6. The summed E-state index contributed by atoms with van der Waals surface area (Å²) in [5.74, 6) is 2.38. The van der Waals surface area contributed by atoms with E-state index in [0.29, 0.717) is 11.8 Å². The average molecular weight is 451 g/mol. The number of nitrogens with zero attached hydrogens (tertiary/aromatic N) is 3. The molecule has 0 radical (unpaired) electrons. The van der Waals surface area contributed by atoms with Crippen molar-refractivity contribution < 1.29 is 13.6 Å². The van der Waals surface area contributed by atoms with E-state index in [2.05, 4.69) is 20.1 Å². The zero-order valence-corrected chi connectivity index (χ0v) is 18.8. The summed E-state index contributed by atoms with van der Waals surface area (Å²) in [5.41, 5.74) is 0.823. The fraction of sp³-hybridized carbons (Fsp3) is 0.375. The van der Waals surface area contributed by atoms with Crippen molar-refractivity contribution in [2.24, 2.45) is 0 Å². The van der Waals surface area contributed by atoms with Gasteiger partial charge in [-0.1, -0.05) is 49.2 Å². The van der Waals surface area contributed by atoms with Crippen LogP contribution in [0.1, 0.15) is 56.9 Å². The van der Waals surface area contributed by atoms with Crippen LogP contribution >= 0.6 is 11.8 Å². The number of amides is 1. The zero-order chi connectivity index (χ0) is 21.9. The Hall–Kier alpha value is -3.00. The SMILES string of the molecule is C[C@H](NC(=O)CSc1nnc(-c2ccco2)n1C1CCCCC1)c1cc2ccccc2o1. The predicted molar refractivity (Wildman–Crippen MR) is 123 cm³/mol. The summed E-state index contributed by atoms with van der Waals surface area (Å²) in [4.78, 5) is 12.7. The monoisotopic (exact) mass is 450 g/mol. The van der Waals surface area contributed by atoms with Crippen molar-refractivity contribution >= 4 is 28.6 Å².